The van der Waals surface area contributed by atoms with Crippen LogP contribution in [0.1, 0.15) is 30.4 Å². The highest BCUT2D eigenvalue weighted by Gasteiger charge is 2.21. The molecule has 112 valence electrons. The van der Waals surface area contributed by atoms with Crippen LogP contribution in [0, 0.1) is 0 Å². The van der Waals surface area contributed by atoms with E-state index in [4.69, 9.17) is 0 Å². The Bertz CT molecular complexity index is 630. The molecule has 0 atom stereocenters. The van der Waals surface area contributed by atoms with Crippen LogP contribution in [-0.4, -0.2) is 37.8 Å². The fraction of sp³-hybridized carbons (Fsp3) is 0.417. The third-order valence-corrected chi connectivity index (χ3v) is 4.19. The number of aromatic nitrogens is 4. The summed E-state index contributed by atoms with van der Waals surface area (Å²) in [6.45, 7) is 5.90. The minimum atomic E-state index is -0.383. The molecule has 0 saturated heterocycles. The van der Waals surface area contributed by atoms with Crippen LogP contribution in [0.25, 0.3) is 0 Å². The van der Waals surface area contributed by atoms with Gasteiger partial charge in [-0.25, -0.2) is 4.68 Å². The highest BCUT2D eigenvalue weighted by Crippen LogP contribution is 2.21. The van der Waals surface area contributed by atoms with Crippen LogP contribution in [0.15, 0.2) is 22.7 Å². The normalized spacial score (nSPS) is 11.4. The largest absolute Gasteiger partial charge is 0.291 e. The van der Waals surface area contributed by atoms with Crippen LogP contribution in [-0.2, 0) is 10.3 Å². The van der Waals surface area contributed by atoms with Gasteiger partial charge in [-0.1, -0.05) is 17.8 Å². The zero-order valence-electron chi connectivity index (χ0n) is 11.9. The van der Waals surface area contributed by atoms with Gasteiger partial charge in [0.2, 0.25) is 11.1 Å². The zero-order chi connectivity index (χ0) is 15.5. The maximum absolute atomic E-state index is 11.8. The van der Waals surface area contributed by atoms with Crippen LogP contribution >= 0.6 is 23.1 Å². The first-order valence-electron chi connectivity index (χ1n) is 6.17. The molecule has 9 heteroatoms. The summed E-state index contributed by atoms with van der Waals surface area (Å²) in [4.78, 5) is 24.0. The summed E-state index contributed by atoms with van der Waals surface area (Å²) in [5.74, 6) is -0.680. The van der Waals surface area contributed by atoms with Crippen molar-refractivity contribution in [1.29, 1.82) is 0 Å². The average Bonchev–Trinajstić information content (AvgIpc) is 3.06. The van der Waals surface area contributed by atoms with Gasteiger partial charge in [0.05, 0.1) is 16.2 Å². The van der Waals surface area contributed by atoms with Crippen molar-refractivity contribution in [3.8, 4) is 0 Å². The van der Waals surface area contributed by atoms with E-state index in [1.165, 1.54) is 23.1 Å². The summed E-state index contributed by atoms with van der Waals surface area (Å²) in [5.41, 5.74) is -0.269. The molecule has 2 aromatic heterocycles. The molecule has 0 bridgehead atoms. The van der Waals surface area contributed by atoms with Crippen LogP contribution in [0.2, 0.25) is 0 Å². The number of imide groups is 1. The summed E-state index contributed by atoms with van der Waals surface area (Å²) >= 11 is 2.48. The van der Waals surface area contributed by atoms with Crippen LogP contribution in [0.5, 0.6) is 0 Å². The second-order valence-electron chi connectivity index (χ2n) is 5.19. The summed E-state index contributed by atoms with van der Waals surface area (Å²) in [6, 6.07) is 3.43. The van der Waals surface area contributed by atoms with Gasteiger partial charge in [-0.3, -0.25) is 14.9 Å². The quantitative estimate of drug-likeness (QED) is 0.858. The van der Waals surface area contributed by atoms with Crippen molar-refractivity contribution in [3.63, 3.8) is 0 Å². The monoisotopic (exact) mass is 325 g/mol. The summed E-state index contributed by atoms with van der Waals surface area (Å²) < 4.78 is 1.64. The highest BCUT2D eigenvalue weighted by atomic mass is 32.2. The minimum absolute atomic E-state index is 0.0770. The first-order valence-corrected chi connectivity index (χ1v) is 8.04. The standard InChI is InChI=1S/C12H15N5O2S2/c1-12(2,3)17-11(14-15-16-17)21-7-9(18)13-10(19)8-5-4-6-20-8/h4-6H,7H2,1-3H3,(H,13,18,19). The fourth-order valence-corrected chi connectivity index (χ4v) is 2.93. The number of hydrogen-bond donors (Lipinski definition) is 1. The molecule has 2 amide bonds. The Morgan fingerprint density at radius 1 is 1.43 bits per heavy atom. The Morgan fingerprint density at radius 2 is 2.19 bits per heavy atom. The molecular formula is C12H15N5O2S2. The lowest BCUT2D eigenvalue weighted by Crippen LogP contribution is -2.31. The van der Waals surface area contributed by atoms with Crippen molar-refractivity contribution < 1.29 is 9.59 Å². The third-order valence-electron chi connectivity index (χ3n) is 2.41. The van der Waals surface area contributed by atoms with Crippen molar-refractivity contribution in [2.45, 2.75) is 31.5 Å². The number of rotatable bonds is 4. The molecule has 2 heterocycles. The Kier molecular flexibility index (Phi) is 4.73. The molecule has 0 fully saturated rings. The molecule has 0 radical (unpaired) electrons. The summed E-state index contributed by atoms with van der Waals surface area (Å²) in [6.07, 6.45) is 0. The molecule has 0 aliphatic rings. The predicted octanol–water partition coefficient (Wildman–Crippen LogP) is 1.54. The highest BCUT2D eigenvalue weighted by molar-refractivity contribution is 7.99. The molecule has 0 aliphatic carbocycles. The molecular weight excluding hydrogens is 310 g/mol. The lowest BCUT2D eigenvalue weighted by atomic mass is 10.1. The fourth-order valence-electron chi connectivity index (χ4n) is 1.45. The second-order valence-corrected chi connectivity index (χ2v) is 7.08. The topological polar surface area (TPSA) is 89.8 Å². The third kappa shape index (κ3) is 4.11. The van der Waals surface area contributed by atoms with Crippen LogP contribution < -0.4 is 5.32 Å². The number of tetrazole rings is 1. The molecule has 7 nitrogen and oxygen atoms in total. The summed E-state index contributed by atoms with van der Waals surface area (Å²) in [7, 11) is 0. The lowest BCUT2D eigenvalue weighted by molar-refractivity contribution is -0.117. The van der Waals surface area contributed by atoms with Gasteiger partial charge in [0.25, 0.3) is 5.91 Å². The van der Waals surface area contributed by atoms with Gasteiger partial charge in [-0.15, -0.1) is 16.4 Å². The zero-order valence-corrected chi connectivity index (χ0v) is 13.5. The number of thioether (sulfide) groups is 1. The van der Waals surface area contributed by atoms with Gasteiger partial charge in [0, 0.05) is 0 Å². The van der Waals surface area contributed by atoms with E-state index in [1.807, 2.05) is 20.8 Å². The smallest absolute Gasteiger partial charge is 0.267 e. The maximum atomic E-state index is 11.8. The van der Waals surface area contributed by atoms with Gasteiger partial charge in [0.15, 0.2) is 0 Å². The predicted molar refractivity (Wildman–Crippen MR) is 80.3 cm³/mol. The molecule has 21 heavy (non-hydrogen) atoms. The first kappa shape index (κ1) is 15.6. The van der Waals surface area contributed by atoms with Crippen LogP contribution in [0.4, 0.5) is 0 Å². The number of amides is 2. The molecule has 2 rings (SSSR count). The molecule has 0 spiro atoms. The molecule has 1 N–H and O–H groups in total. The molecule has 2 aromatic rings. The van der Waals surface area contributed by atoms with E-state index in [-0.39, 0.29) is 23.1 Å². The first-order chi connectivity index (χ1) is 9.88. The van der Waals surface area contributed by atoms with E-state index in [9.17, 15) is 9.59 Å². The van der Waals surface area contributed by atoms with Crippen molar-refractivity contribution in [2.75, 3.05) is 5.75 Å². The van der Waals surface area contributed by atoms with Crippen molar-refractivity contribution >= 4 is 34.9 Å². The number of hydrogen-bond acceptors (Lipinski definition) is 7. The molecule has 0 unspecified atom stereocenters. The van der Waals surface area contributed by atoms with Gasteiger partial charge in [-0.2, -0.15) is 0 Å². The number of carbonyl (C=O) groups excluding carboxylic acids is 2. The SMILES string of the molecule is CC(C)(C)n1nnnc1SCC(=O)NC(=O)c1cccs1. The molecule has 0 aliphatic heterocycles. The van der Waals surface area contributed by atoms with Crippen LogP contribution in [0.3, 0.4) is 0 Å². The van der Waals surface area contributed by atoms with Crippen molar-refractivity contribution in [3.05, 3.63) is 22.4 Å². The number of nitrogens with one attached hydrogen (secondary N) is 1. The molecule has 0 aromatic carbocycles. The van der Waals surface area contributed by atoms with Gasteiger partial charge >= 0.3 is 0 Å². The van der Waals surface area contributed by atoms with Crippen molar-refractivity contribution in [2.24, 2.45) is 0 Å². The van der Waals surface area contributed by atoms with E-state index in [1.54, 1.807) is 22.2 Å². The second kappa shape index (κ2) is 6.35. The van der Waals surface area contributed by atoms with E-state index in [0.29, 0.717) is 10.0 Å². The Hall–Kier alpha value is -1.74. The molecule has 0 saturated carbocycles. The van der Waals surface area contributed by atoms with E-state index < -0.39 is 0 Å². The number of thiophene rings is 1. The number of nitrogens with zero attached hydrogens (tertiary/aromatic N) is 4. The van der Waals surface area contributed by atoms with E-state index in [0.717, 1.165) is 0 Å². The van der Waals surface area contributed by atoms with Gasteiger partial charge < -0.3 is 0 Å². The van der Waals surface area contributed by atoms with E-state index in [2.05, 4.69) is 20.8 Å². The van der Waals surface area contributed by atoms with Gasteiger partial charge in [-0.05, 0) is 42.6 Å². The average molecular weight is 325 g/mol. The van der Waals surface area contributed by atoms with E-state index >= 15 is 0 Å². The Labute approximate surface area is 130 Å². The Morgan fingerprint density at radius 3 is 2.81 bits per heavy atom. The van der Waals surface area contributed by atoms with Gasteiger partial charge in [0.1, 0.15) is 0 Å². The minimum Gasteiger partial charge on any atom is -0.291 e. The maximum Gasteiger partial charge on any atom is 0.267 e. The lowest BCUT2D eigenvalue weighted by Gasteiger charge is -2.19. The van der Waals surface area contributed by atoms with Crippen molar-refractivity contribution in [1.82, 2.24) is 25.5 Å². The Balaban J connectivity index is 1.90. The number of carbonyl (C=O) groups is 2. The summed E-state index contributed by atoms with van der Waals surface area (Å²) in [5, 5.41) is 16.1.